The first-order chi connectivity index (χ1) is 5.29. The van der Waals surface area contributed by atoms with Gasteiger partial charge in [0, 0.05) is 19.1 Å². The molecule has 1 aliphatic carbocycles. The molecule has 2 N–H and O–H groups in total. The second-order valence-electron chi connectivity index (χ2n) is 3.37. The van der Waals surface area contributed by atoms with Crippen molar-refractivity contribution >= 4 is 0 Å². The van der Waals surface area contributed by atoms with Crippen molar-refractivity contribution in [2.45, 2.75) is 18.9 Å². The summed E-state index contributed by atoms with van der Waals surface area (Å²) in [7, 11) is 2.12. The Balaban J connectivity index is 2.32. The van der Waals surface area contributed by atoms with Gasteiger partial charge in [0.2, 0.25) is 0 Å². The fourth-order valence-corrected chi connectivity index (χ4v) is 1.55. The molecule has 1 unspecified atom stereocenters. The normalized spacial score (nSPS) is 20.3. The summed E-state index contributed by atoms with van der Waals surface area (Å²) in [4.78, 5) is 2.30. The molecule has 1 fully saturated rings. The zero-order valence-corrected chi connectivity index (χ0v) is 7.29. The van der Waals surface area contributed by atoms with Crippen molar-refractivity contribution in [3.8, 4) is 0 Å². The van der Waals surface area contributed by atoms with Gasteiger partial charge >= 0.3 is 0 Å². The fourth-order valence-electron chi connectivity index (χ4n) is 1.55. The van der Waals surface area contributed by atoms with Gasteiger partial charge in [0.25, 0.3) is 0 Å². The third kappa shape index (κ3) is 2.31. The number of likely N-dealkylation sites (N-methyl/N-ethyl adjacent to an activating group) is 1. The second-order valence-corrected chi connectivity index (χ2v) is 3.37. The van der Waals surface area contributed by atoms with E-state index in [-0.39, 0.29) is 0 Å². The Morgan fingerprint density at radius 1 is 1.73 bits per heavy atom. The number of nitrogens with zero attached hydrogens (tertiary/aromatic N) is 1. The van der Waals surface area contributed by atoms with E-state index in [1.165, 1.54) is 12.8 Å². The number of nitrogens with two attached hydrogens (primary N) is 1. The van der Waals surface area contributed by atoms with Crippen LogP contribution in [-0.4, -0.2) is 31.1 Å². The van der Waals surface area contributed by atoms with Gasteiger partial charge in [-0.25, -0.2) is 0 Å². The van der Waals surface area contributed by atoms with Gasteiger partial charge in [-0.1, -0.05) is 6.08 Å². The summed E-state index contributed by atoms with van der Waals surface area (Å²) in [6, 6.07) is 0.591. The Labute approximate surface area is 69.1 Å². The van der Waals surface area contributed by atoms with Crippen molar-refractivity contribution in [3.63, 3.8) is 0 Å². The molecule has 0 aromatic carbocycles. The largest absolute Gasteiger partial charge is 0.329 e. The maximum Gasteiger partial charge on any atom is 0.0246 e. The van der Waals surface area contributed by atoms with Gasteiger partial charge in [-0.3, -0.25) is 4.90 Å². The molecular weight excluding hydrogens is 136 g/mol. The van der Waals surface area contributed by atoms with Gasteiger partial charge in [0.1, 0.15) is 0 Å². The summed E-state index contributed by atoms with van der Waals surface area (Å²) in [6.07, 6.45) is 4.66. The second kappa shape index (κ2) is 3.88. The zero-order chi connectivity index (χ0) is 8.27. The van der Waals surface area contributed by atoms with Crippen LogP contribution in [0, 0.1) is 5.92 Å². The van der Waals surface area contributed by atoms with Gasteiger partial charge in [-0.2, -0.15) is 0 Å². The van der Waals surface area contributed by atoms with E-state index in [0.29, 0.717) is 6.04 Å². The lowest BCUT2D eigenvalue weighted by Gasteiger charge is -2.25. The molecule has 0 heterocycles. The molecule has 0 amide bonds. The van der Waals surface area contributed by atoms with E-state index in [2.05, 4.69) is 18.5 Å². The van der Waals surface area contributed by atoms with Gasteiger partial charge in [0.05, 0.1) is 0 Å². The van der Waals surface area contributed by atoms with E-state index < -0.39 is 0 Å². The number of rotatable bonds is 5. The highest BCUT2D eigenvalue weighted by atomic mass is 15.1. The van der Waals surface area contributed by atoms with E-state index in [0.717, 1.165) is 19.0 Å². The van der Waals surface area contributed by atoms with Crippen LogP contribution >= 0.6 is 0 Å². The smallest absolute Gasteiger partial charge is 0.0246 e. The Morgan fingerprint density at radius 3 is 2.73 bits per heavy atom. The average Bonchev–Trinajstić information content (AvgIpc) is 2.73. The average molecular weight is 154 g/mol. The molecule has 1 aliphatic rings. The first-order valence-corrected chi connectivity index (χ1v) is 4.30. The van der Waals surface area contributed by atoms with Crippen LogP contribution < -0.4 is 5.73 Å². The SMILES string of the molecule is C=CCN(C)C(CN)C1CC1. The van der Waals surface area contributed by atoms with Crippen LogP contribution in [0.2, 0.25) is 0 Å². The Kier molecular flexibility index (Phi) is 3.09. The van der Waals surface area contributed by atoms with Crippen LogP contribution in [0.1, 0.15) is 12.8 Å². The lowest BCUT2D eigenvalue weighted by atomic mass is 10.1. The summed E-state index contributed by atoms with van der Waals surface area (Å²) >= 11 is 0. The quantitative estimate of drug-likeness (QED) is 0.595. The predicted molar refractivity (Wildman–Crippen MR) is 48.4 cm³/mol. The first kappa shape index (κ1) is 8.75. The molecule has 1 rings (SSSR count). The molecule has 1 saturated carbocycles. The van der Waals surface area contributed by atoms with E-state index in [1.807, 2.05) is 6.08 Å². The molecule has 0 radical (unpaired) electrons. The number of hydrogen-bond acceptors (Lipinski definition) is 2. The third-order valence-corrected chi connectivity index (χ3v) is 2.39. The molecule has 0 saturated heterocycles. The molecule has 11 heavy (non-hydrogen) atoms. The standard InChI is InChI=1S/C9H18N2/c1-3-6-11(2)9(7-10)8-4-5-8/h3,8-9H,1,4-7,10H2,2H3. The molecular formula is C9H18N2. The number of hydrogen-bond donors (Lipinski definition) is 1. The van der Waals surface area contributed by atoms with Crippen LogP contribution in [0.25, 0.3) is 0 Å². The zero-order valence-electron chi connectivity index (χ0n) is 7.29. The molecule has 0 spiro atoms. The minimum absolute atomic E-state index is 0.591. The van der Waals surface area contributed by atoms with Crippen molar-refractivity contribution in [1.29, 1.82) is 0 Å². The fraction of sp³-hybridized carbons (Fsp3) is 0.778. The summed E-state index contributed by atoms with van der Waals surface area (Å²) in [5.74, 6) is 0.866. The van der Waals surface area contributed by atoms with Crippen LogP contribution in [0.15, 0.2) is 12.7 Å². The topological polar surface area (TPSA) is 29.3 Å². The molecule has 2 heteroatoms. The van der Waals surface area contributed by atoms with E-state index in [4.69, 9.17) is 5.73 Å². The molecule has 2 nitrogen and oxygen atoms in total. The van der Waals surface area contributed by atoms with Crippen molar-refractivity contribution < 1.29 is 0 Å². The van der Waals surface area contributed by atoms with Gasteiger partial charge in [-0.15, -0.1) is 6.58 Å². The minimum atomic E-state index is 0.591. The first-order valence-electron chi connectivity index (χ1n) is 4.30. The monoisotopic (exact) mass is 154 g/mol. The summed E-state index contributed by atoms with van der Waals surface area (Å²) in [5.41, 5.74) is 5.67. The maximum absolute atomic E-state index is 5.67. The summed E-state index contributed by atoms with van der Waals surface area (Å²) < 4.78 is 0. The highest BCUT2D eigenvalue weighted by Gasteiger charge is 2.32. The van der Waals surface area contributed by atoms with Crippen molar-refractivity contribution in [2.24, 2.45) is 11.7 Å². The van der Waals surface area contributed by atoms with Crippen LogP contribution in [0.3, 0.4) is 0 Å². The van der Waals surface area contributed by atoms with Crippen molar-refractivity contribution in [1.82, 2.24) is 4.90 Å². The van der Waals surface area contributed by atoms with Crippen LogP contribution in [-0.2, 0) is 0 Å². The molecule has 0 bridgehead atoms. The molecule has 0 aromatic rings. The Bertz CT molecular complexity index is 130. The highest BCUT2D eigenvalue weighted by molar-refractivity contribution is 4.89. The lowest BCUT2D eigenvalue weighted by molar-refractivity contribution is 0.246. The van der Waals surface area contributed by atoms with Crippen molar-refractivity contribution in [2.75, 3.05) is 20.1 Å². The van der Waals surface area contributed by atoms with Gasteiger partial charge in [-0.05, 0) is 25.8 Å². The highest BCUT2D eigenvalue weighted by Crippen LogP contribution is 2.34. The maximum atomic E-state index is 5.67. The van der Waals surface area contributed by atoms with Crippen molar-refractivity contribution in [3.05, 3.63) is 12.7 Å². The summed E-state index contributed by atoms with van der Waals surface area (Å²) in [5, 5.41) is 0. The van der Waals surface area contributed by atoms with Crippen LogP contribution in [0.5, 0.6) is 0 Å². The molecule has 64 valence electrons. The molecule has 0 aliphatic heterocycles. The Morgan fingerprint density at radius 2 is 2.36 bits per heavy atom. The Hall–Kier alpha value is -0.340. The van der Waals surface area contributed by atoms with Gasteiger partial charge in [0.15, 0.2) is 0 Å². The van der Waals surface area contributed by atoms with E-state index >= 15 is 0 Å². The predicted octanol–water partition coefficient (Wildman–Crippen LogP) is 0.842. The van der Waals surface area contributed by atoms with Gasteiger partial charge < -0.3 is 5.73 Å². The minimum Gasteiger partial charge on any atom is -0.329 e. The summed E-state index contributed by atoms with van der Waals surface area (Å²) in [6.45, 7) is 5.46. The molecule has 1 atom stereocenters. The van der Waals surface area contributed by atoms with E-state index in [9.17, 15) is 0 Å². The van der Waals surface area contributed by atoms with Crippen LogP contribution in [0.4, 0.5) is 0 Å². The molecule has 0 aromatic heterocycles. The third-order valence-electron chi connectivity index (χ3n) is 2.39. The lowest BCUT2D eigenvalue weighted by Crippen LogP contribution is -2.39. The van der Waals surface area contributed by atoms with E-state index in [1.54, 1.807) is 0 Å².